The molecule has 0 radical (unpaired) electrons. The van der Waals surface area contributed by atoms with Crippen molar-refractivity contribution < 1.29 is 9.53 Å². The third kappa shape index (κ3) is 2.98. The quantitative estimate of drug-likeness (QED) is 0.777. The van der Waals surface area contributed by atoms with E-state index in [4.69, 9.17) is 9.72 Å². The molecule has 1 aliphatic heterocycles. The molecule has 1 aromatic heterocycles. The number of anilines is 2. The molecule has 4 rings (SSSR count). The predicted octanol–water partition coefficient (Wildman–Crippen LogP) is 3.93. The zero-order valence-corrected chi connectivity index (χ0v) is 15.0. The number of fused-ring (bicyclic) bond motifs is 3. The van der Waals surface area contributed by atoms with Gasteiger partial charge in [0.1, 0.15) is 5.82 Å². The summed E-state index contributed by atoms with van der Waals surface area (Å²) in [6.07, 6.45) is -0.421. The van der Waals surface area contributed by atoms with E-state index in [1.807, 2.05) is 25.1 Å². The third-order valence-electron chi connectivity index (χ3n) is 4.75. The first-order valence-electron chi connectivity index (χ1n) is 8.89. The van der Waals surface area contributed by atoms with Crippen LogP contribution in [0.15, 0.2) is 42.5 Å². The van der Waals surface area contributed by atoms with Gasteiger partial charge >= 0.3 is 6.09 Å². The van der Waals surface area contributed by atoms with E-state index in [1.54, 1.807) is 6.92 Å². The molecule has 0 unspecified atom stereocenters. The summed E-state index contributed by atoms with van der Waals surface area (Å²) in [6, 6.07) is 14.3. The van der Waals surface area contributed by atoms with Crippen LogP contribution in [0.3, 0.4) is 0 Å². The van der Waals surface area contributed by atoms with Crippen molar-refractivity contribution in [1.29, 1.82) is 0 Å². The highest BCUT2D eigenvalue weighted by Crippen LogP contribution is 2.27. The maximum absolute atomic E-state index is 11.6. The molecule has 6 nitrogen and oxygen atoms in total. The van der Waals surface area contributed by atoms with E-state index in [2.05, 4.69) is 39.0 Å². The van der Waals surface area contributed by atoms with Crippen LogP contribution in [0.5, 0.6) is 0 Å². The zero-order chi connectivity index (χ0) is 18.1. The van der Waals surface area contributed by atoms with Crippen molar-refractivity contribution in [3.8, 4) is 0 Å². The normalized spacial score (nSPS) is 13.5. The maximum Gasteiger partial charge on any atom is 0.411 e. The number of hydrogen-bond donors (Lipinski definition) is 1. The number of para-hydroxylation sites is 2. The topological polar surface area (TPSA) is 59.4 Å². The summed E-state index contributed by atoms with van der Waals surface area (Å²) in [5.41, 5.74) is 5.17. The molecule has 0 bridgehead atoms. The van der Waals surface area contributed by atoms with Crippen LogP contribution in [0.25, 0.3) is 11.0 Å². The number of carbonyl (C=O) groups excluding carboxylic acids is 1. The van der Waals surface area contributed by atoms with E-state index in [9.17, 15) is 4.79 Å². The molecule has 0 atom stereocenters. The number of aryl methyl sites for hydroxylation is 1. The number of carbonyl (C=O) groups is 1. The minimum absolute atomic E-state index is 0.359. The van der Waals surface area contributed by atoms with Gasteiger partial charge in [-0.3, -0.25) is 5.32 Å². The van der Waals surface area contributed by atoms with Gasteiger partial charge in [0.25, 0.3) is 0 Å². The monoisotopic (exact) mass is 350 g/mol. The van der Waals surface area contributed by atoms with Crippen molar-refractivity contribution in [3.05, 3.63) is 53.9 Å². The van der Waals surface area contributed by atoms with Gasteiger partial charge in [-0.15, -0.1) is 0 Å². The van der Waals surface area contributed by atoms with Crippen molar-refractivity contribution in [2.24, 2.45) is 0 Å². The number of imidazole rings is 1. The molecule has 2 aromatic carbocycles. The van der Waals surface area contributed by atoms with Gasteiger partial charge in [0.15, 0.2) is 0 Å². The molecule has 26 heavy (non-hydrogen) atoms. The molecular formula is C20H22N4O2. The molecule has 134 valence electrons. The summed E-state index contributed by atoms with van der Waals surface area (Å²) in [5.74, 6) is 1.09. The maximum atomic E-state index is 11.6. The fourth-order valence-electron chi connectivity index (χ4n) is 3.45. The first-order chi connectivity index (χ1) is 12.7. The first kappa shape index (κ1) is 16.4. The van der Waals surface area contributed by atoms with E-state index < -0.39 is 6.09 Å². The highest BCUT2D eigenvalue weighted by Gasteiger charge is 2.20. The lowest BCUT2D eigenvalue weighted by Crippen LogP contribution is -2.33. The van der Waals surface area contributed by atoms with Gasteiger partial charge in [-0.05, 0) is 49.7 Å². The average Bonchev–Trinajstić information content (AvgIpc) is 3.01. The summed E-state index contributed by atoms with van der Waals surface area (Å²) >= 11 is 0. The van der Waals surface area contributed by atoms with Crippen molar-refractivity contribution in [2.45, 2.75) is 26.9 Å². The summed E-state index contributed by atoms with van der Waals surface area (Å²) < 4.78 is 7.24. The van der Waals surface area contributed by atoms with Crippen LogP contribution >= 0.6 is 0 Å². The molecule has 6 heteroatoms. The van der Waals surface area contributed by atoms with Gasteiger partial charge in [-0.2, -0.15) is 0 Å². The smallest absolute Gasteiger partial charge is 0.411 e. The third-order valence-corrected chi connectivity index (χ3v) is 4.75. The van der Waals surface area contributed by atoms with Gasteiger partial charge in [0.05, 0.1) is 24.2 Å². The van der Waals surface area contributed by atoms with Crippen LogP contribution in [-0.2, 0) is 17.8 Å². The summed E-state index contributed by atoms with van der Waals surface area (Å²) in [4.78, 5) is 18.7. The molecule has 0 saturated heterocycles. The Morgan fingerprint density at radius 3 is 2.88 bits per heavy atom. The average molecular weight is 350 g/mol. The molecule has 1 N–H and O–H groups in total. The van der Waals surface area contributed by atoms with E-state index in [-0.39, 0.29) is 0 Å². The van der Waals surface area contributed by atoms with E-state index in [1.165, 1.54) is 5.52 Å². The minimum Gasteiger partial charge on any atom is -0.450 e. The number of hydrogen-bond acceptors (Lipinski definition) is 4. The lowest BCUT2D eigenvalue weighted by atomic mass is 10.1. The Kier molecular flexibility index (Phi) is 4.24. The molecule has 3 aromatic rings. The summed E-state index contributed by atoms with van der Waals surface area (Å²) in [6.45, 7) is 6.76. The largest absolute Gasteiger partial charge is 0.450 e. The van der Waals surface area contributed by atoms with Crippen molar-refractivity contribution in [2.75, 3.05) is 23.4 Å². The van der Waals surface area contributed by atoms with E-state index in [0.717, 1.165) is 47.9 Å². The number of ether oxygens (including phenoxy) is 1. The van der Waals surface area contributed by atoms with Crippen LogP contribution in [0.4, 0.5) is 16.2 Å². The Bertz CT molecular complexity index is 964. The van der Waals surface area contributed by atoms with Crippen LogP contribution in [0.1, 0.15) is 18.3 Å². The second-order valence-electron chi connectivity index (χ2n) is 6.43. The number of nitrogens with zero attached hydrogens (tertiary/aromatic N) is 3. The minimum atomic E-state index is -0.421. The van der Waals surface area contributed by atoms with Crippen LogP contribution in [0.2, 0.25) is 0 Å². The van der Waals surface area contributed by atoms with Crippen molar-refractivity contribution in [3.63, 3.8) is 0 Å². The van der Waals surface area contributed by atoms with Gasteiger partial charge in [-0.1, -0.05) is 12.1 Å². The molecule has 0 saturated carbocycles. The Morgan fingerprint density at radius 2 is 2.08 bits per heavy atom. The summed E-state index contributed by atoms with van der Waals surface area (Å²) in [7, 11) is 0. The number of aromatic nitrogens is 2. The lowest BCUT2D eigenvalue weighted by Gasteiger charge is -2.30. The number of benzene rings is 2. The molecule has 1 amide bonds. The van der Waals surface area contributed by atoms with E-state index >= 15 is 0 Å². The number of nitrogens with one attached hydrogen (secondary N) is 1. The molecule has 1 aliphatic rings. The van der Waals surface area contributed by atoms with Crippen LogP contribution in [0, 0.1) is 6.92 Å². The molecular weight excluding hydrogens is 328 g/mol. The lowest BCUT2D eigenvalue weighted by molar-refractivity contribution is 0.168. The zero-order valence-electron chi connectivity index (χ0n) is 15.0. The first-order valence-corrected chi connectivity index (χ1v) is 8.89. The Hall–Kier alpha value is -3.02. The van der Waals surface area contributed by atoms with Gasteiger partial charge in [-0.25, -0.2) is 9.78 Å². The van der Waals surface area contributed by atoms with E-state index in [0.29, 0.717) is 6.61 Å². The fourth-order valence-corrected chi connectivity index (χ4v) is 3.45. The number of rotatable bonds is 3. The van der Waals surface area contributed by atoms with Gasteiger partial charge in [0, 0.05) is 24.5 Å². The second kappa shape index (κ2) is 6.71. The second-order valence-corrected chi connectivity index (χ2v) is 6.43. The van der Waals surface area contributed by atoms with Gasteiger partial charge in [0.2, 0.25) is 0 Å². The predicted molar refractivity (Wildman–Crippen MR) is 103 cm³/mol. The highest BCUT2D eigenvalue weighted by atomic mass is 16.5. The Balaban J connectivity index is 1.55. The van der Waals surface area contributed by atoms with Gasteiger partial charge < -0.3 is 14.2 Å². The fraction of sp³-hybridized carbons (Fsp3) is 0.300. The summed E-state index contributed by atoms with van der Waals surface area (Å²) in [5, 5.41) is 2.78. The number of amides is 1. The molecule has 2 heterocycles. The highest BCUT2D eigenvalue weighted by molar-refractivity contribution is 5.86. The molecule has 0 fully saturated rings. The molecule has 0 spiro atoms. The van der Waals surface area contributed by atoms with Crippen LogP contribution < -0.4 is 10.2 Å². The van der Waals surface area contributed by atoms with Crippen molar-refractivity contribution >= 4 is 28.5 Å². The van der Waals surface area contributed by atoms with Crippen molar-refractivity contribution in [1.82, 2.24) is 9.55 Å². The molecule has 0 aliphatic carbocycles. The Morgan fingerprint density at radius 1 is 1.23 bits per heavy atom. The Labute approximate surface area is 152 Å². The van der Waals surface area contributed by atoms with Crippen LogP contribution in [-0.4, -0.2) is 28.8 Å². The SMILES string of the molecule is CCOC(=O)Nc1ccc(N2CCn3c(nc4ccccc43)C2)cc1C. The standard InChI is InChI=1S/C20H22N4O2/c1-3-26-20(25)22-16-9-8-15(12-14(16)2)23-10-11-24-18-7-5-4-6-17(18)21-19(24)13-23/h4-9,12H,3,10-11,13H2,1-2H3,(H,22,25).